The van der Waals surface area contributed by atoms with Crippen molar-refractivity contribution in [3.8, 4) is 16.3 Å². The number of thiazole rings is 1. The van der Waals surface area contributed by atoms with Gasteiger partial charge in [0.05, 0.1) is 24.1 Å². The van der Waals surface area contributed by atoms with E-state index >= 15 is 0 Å². The number of nitrogens with zero attached hydrogens (tertiary/aromatic N) is 5. The minimum absolute atomic E-state index is 0.122. The third-order valence-corrected chi connectivity index (χ3v) is 7.23. The van der Waals surface area contributed by atoms with Gasteiger partial charge in [-0.05, 0) is 42.6 Å². The van der Waals surface area contributed by atoms with E-state index in [4.69, 9.17) is 4.74 Å². The van der Waals surface area contributed by atoms with Gasteiger partial charge in [-0.2, -0.15) is 0 Å². The Balaban J connectivity index is 1.19. The molecule has 1 saturated heterocycles. The number of hydrogen-bond donors (Lipinski definition) is 0. The highest BCUT2D eigenvalue weighted by Gasteiger charge is 2.24. The first kappa shape index (κ1) is 20.8. The first-order chi connectivity index (χ1) is 15.7. The van der Waals surface area contributed by atoms with Gasteiger partial charge >= 0.3 is 0 Å². The molecule has 164 valence electrons. The van der Waals surface area contributed by atoms with Crippen LogP contribution in [-0.2, 0) is 11.2 Å². The lowest BCUT2D eigenvalue weighted by atomic mass is 10.2. The van der Waals surface area contributed by atoms with Crippen LogP contribution in [-0.4, -0.2) is 58.5 Å². The Morgan fingerprint density at radius 2 is 1.88 bits per heavy atom. The monoisotopic (exact) mass is 465 g/mol. The minimum Gasteiger partial charge on any atom is -0.494 e. The van der Waals surface area contributed by atoms with Gasteiger partial charge in [-0.1, -0.05) is 0 Å². The number of rotatable bonds is 6. The maximum absolute atomic E-state index is 12.9. The van der Waals surface area contributed by atoms with E-state index in [0.717, 1.165) is 51.1 Å². The average molecular weight is 466 g/mol. The maximum Gasteiger partial charge on any atom is 0.228 e. The Hall–Kier alpha value is -3.04. The fourth-order valence-corrected chi connectivity index (χ4v) is 5.40. The number of carbonyl (C=O) groups excluding carboxylic acids is 1. The standard InChI is InChI=1S/C23H23N5O2S2/c1-2-30-18-5-3-16(4-6-18)22-26-17(14-32-22)13-20(29)27-8-10-28(11-9-27)21-19-7-12-31-23(19)25-15-24-21/h3-7,12,14-15H,2,8-11,13H2,1H3. The summed E-state index contributed by atoms with van der Waals surface area (Å²) < 4.78 is 5.50. The molecule has 1 aromatic carbocycles. The van der Waals surface area contributed by atoms with E-state index in [1.54, 1.807) is 29.0 Å². The predicted octanol–water partition coefficient (Wildman–Crippen LogP) is 4.10. The van der Waals surface area contributed by atoms with Gasteiger partial charge in [0.25, 0.3) is 0 Å². The Bertz CT molecular complexity index is 1210. The Morgan fingerprint density at radius 1 is 1.06 bits per heavy atom. The van der Waals surface area contributed by atoms with Crippen LogP contribution >= 0.6 is 22.7 Å². The zero-order valence-electron chi connectivity index (χ0n) is 17.7. The number of hydrogen-bond acceptors (Lipinski definition) is 8. The number of carbonyl (C=O) groups is 1. The molecule has 0 saturated carbocycles. The number of ether oxygens (including phenoxy) is 1. The molecule has 0 atom stereocenters. The zero-order valence-corrected chi connectivity index (χ0v) is 19.4. The van der Waals surface area contributed by atoms with Crippen LogP contribution in [0, 0.1) is 0 Å². The molecule has 0 radical (unpaired) electrons. The molecule has 32 heavy (non-hydrogen) atoms. The molecule has 5 rings (SSSR count). The third-order valence-electron chi connectivity index (χ3n) is 5.47. The van der Waals surface area contributed by atoms with Gasteiger partial charge in [-0.15, -0.1) is 22.7 Å². The summed E-state index contributed by atoms with van der Waals surface area (Å²) in [6.45, 7) is 5.52. The zero-order chi connectivity index (χ0) is 21.9. The highest BCUT2D eigenvalue weighted by atomic mass is 32.1. The molecule has 1 aliphatic heterocycles. The van der Waals surface area contributed by atoms with Crippen molar-refractivity contribution in [1.29, 1.82) is 0 Å². The summed E-state index contributed by atoms with van der Waals surface area (Å²) in [6.07, 6.45) is 1.95. The molecule has 1 fully saturated rings. The van der Waals surface area contributed by atoms with Gasteiger partial charge in [0.2, 0.25) is 5.91 Å². The number of thiophene rings is 1. The van der Waals surface area contributed by atoms with Gasteiger partial charge in [-0.3, -0.25) is 4.79 Å². The molecule has 1 aliphatic rings. The molecule has 9 heteroatoms. The van der Waals surface area contributed by atoms with Crippen molar-refractivity contribution >= 4 is 44.6 Å². The summed E-state index contributed by atoms with van der Waals surface area (Å²) in [6, 6.07) is 9.98. The quantitative estimate of drug-likeness (QED) is 0.427. The van der Waals surface area contributed by atoms with Crippen molar-refractivity contribution in [2.45, 2.75) is 13.3 Å². The van der Waals surface area contributed by atoms with Crippen LogP contribution < -0.4 is 9.64 Å². The highest BCUT2D eigenvalue weighted by molar-refractivity contribution is 7.16. The first-order valence-electron chi connectivity index (χ1n) is 10.6. The normalized spacial score (nSPS) is 14.2. The molecule has 0 bridgehead atoms. The molecule has 0 spiro atoms. The molecular formula is C23H23N5O2S2. The molecule has 1 amide bonds. The SMILES string of the molecule is CCOc1ccc(-c2nc(CC(=O)N3CCN(c4ncnc5sccc45)CC3)cs2)cc1. The smallest absolute Gasteiger partial charge is 0.228 e. The summed E-state index contributed by atoms with van der Waals surface area (Å²) in [7, 11) is 0. The largest absolute Gasteiger partial charge is 0.494 e. The molecule has 0 aliphatic carbocycles. The average Bonchev–Trinajstić information content (AvgIpc) is 3.49. The van der Waals surface area contributed by atoms with Crippen LogP contribution in [0.15, 0.2) is 47.4 Å². The fraction of sp³-hybridized carbons (Fsp3) is 0.304. The summed E-state index contributed by atoms with van der Waals surface area (Å²) in [4.78, 5) is 31.6. The Morgan fingerprint density at radius 3 is 2.66 bits per heavy atom. The fourth-order valence-electron chi connectivity index (χ4n) is 3.84. The first-order valence-corrected chi connectivity index (χ1v) is 12.4. The van der Waals surface area contributed by atoms with Crippen LogP contribution in [0.1, 0.15) is 12.6 Å². The second-order valence-electron chi connectivity index (χ2n) is 7.48. The molecular weight excluding hydrogens is 442 g/mol. The second kappa shape index (κ2) is 9.22. The van der Waals surface area contributed by atoms with Crippen LogP contribution in [0.5, 0.6) is 5.75 Å². The summed E-state index contributed by atoms with van der Waals surface area (Å²) in [5, 5.41) is 6.03. The molecule has 4 heterocycles. The van der Waals surface area contributed by atoms with Gasteiger partial charge in [-0.25, -0.2) is 15.0 Å². The van der Waals surface area contributed by atoms with E-state index in [-0.39, 0.29) is 5.91 Å². The number of benzene rings is 1. The van der Waals surface area contributed by atoms with Gasteiger partial charge in [0.15, 0.2) is 0 Å². The maximum atomic E-state index is 12.9. The number of aromatic nitrogens is 3. The lowest BCUT2D eigenvalue weighted by molar-refractivity contribution is -0.130. The van der Waals surface area contributed by atoms with E-state index in [1.807, 2.05) is 46.8 Å². The van der Waals surface area contributed by atoms with Crippen molar-refractivity contribution < 1.29 is 9.53 Å². The summed E-state index contributed by atoms with van der Waals surface area (Å²) in [5.41, 5.74) is 1.86. The third kappa shape index (κ3) is 4.31. The lowest BCUT2D eigenvalue weighted by Crippen LogP contribution is -2.49. The molecule has 3 aromatic heterocycles. The number of fused-ring (bicyclic) bond motifs is 1. The number of amides is 1. The predicted molar refractivity (Wildman–Crippen MR) is 129 cm³/mol. The van der Waals surface area contributed by atoms with E-state index in [9.17, 15) is 4.79 Å². The minimum atomic E-state index is 0.122. The summed E-state index contributed by atoms with van der Waals surface area (Å²) in [5.74, 6) is 1.93. The molecule has 0 unspecified atom stereocenters. The second-order valence-corrected chi connectivity index (χ2v) is 9.24. The van der Waals surface area contributed by atoms with Gasteiger partial charge < -0.3 is 14.5 Å². The van der Waals surface area contributed by atoms with Crippen LogP contribution in [0.4, 0.5) is 5.82 Å². The summed E-state index contributed by atoms with van der Waals surface area (Å²) >= 11 is 3.19. The Kier molecular flexibility index (Phi) is 6.00. The van der Waals surface area contributed by atoms with Crippen molar-refractivity contribution in [3.63, 3.8) is 0 Å². The number of anilines is 1. The Labute approximate surface area is 194 Å². The van der Waals surface area contributed by atoms with Crippen molar-refractivity contribution in [2.24, 2.45) is 0 Å². The molecule has 4 aromatic rings. The van der Waals surface area contributed by atoms with E-state index in [2.05, 4.69) is 25.9 Å². The van der Waals surface area contributed by atoms with Crippen LogP contribution in [0.3, 0.4) is 0 Å². The van der Waals surface area contributed by atoms with E-state index in [1.165, 1.54) is 0 Å². The lowest BCUT2D eigenvalue weighted by Gasteiger charge is -2.35. The van der Waals surface area contributed by atoms with Crippen LogP contribution in [0.2, 0.25) is 0 Å². The molecule has 0 N–H and O–H groups in total. The van der Waals surface area contributed by atoms with Crippen molar-refractivity contribution in [3.05, 3.63) is 53.1 Å². The van der Waals surface area contributed by atoms with Crippen LogP contribution in [0.25, 0.3) is 20.8 Å². The topological polar surface area (TPSA) is 71.5 Å². The van der Waals surface area contributed by atoms with Crippen molar-refractivity contribution in [2.75, 3.05) is 37.7 Å². The van der Waals surface area contributed by atoms with E-state index < -0.39 is 0 Å². The highest BCUT2D eigenvalue weighted by Crippen LogP contribution is 2.28. The van der Waals surface area contributed by atoms with Gasteiger partial charge in [0.1, 0.15) is 27.7 Å². The van der Waals surface area contributed by atoms with E-state index in [0.29, 0.717) is 26.1 Å². The van der Waals surface area contributed by atoms with Gasteiger partial charge in [0, 0.05) is 37.1 Å². The number of piperazine rings is 1. The van der Waals surface area contributed by atoms with Crippen molar-refractivity contribution in [1.82, 2.24) is 19.9 Å². The molecule has 7 nitrogen and oxygen atoms in total.